The monoisotopic (exact) mass is 1140 g/mol. The van der Waals surface area contributed by atoms with Gasteiger partial charge in [-0.3, -0.25) is 0 Å². The maximum atomic E-state index is 9.96. The van der Waals surface area contributed by atoms with Crippen molar-refractivity contribution in [2.75, 3.05) is 0 Å². The van der Waals surface area contributed by atoms with Gasteiger partial charge in [-0.25, -0.2) is 0 Å². The van der Waals surface area contributed by atoms with Crippen molar-refractivity contribution in [3.05, 3.63) is 85.5 Å². The molecule has 0 unspecified atom stereocenters. The first kappa shape index (κ1) is 75.4. The van der Waals surface area contributed by atoms with Crippen molar-refractivity contribution in [3.63, 3.8) is 0 Å². The zero-order chi connectivity index (χ0) is 58.4. The Kier molecular flexibility index (Phi) is 52.4. The summed E-state index contributed by atoms with van der Waals surface area (Å²) < 4.78 is 0. The molecule has 80 heavy (non-hydrogen) atoms. The molecule has 0 bridgehead atoms. The zero-order valence-electron chi connectivity index (χ0n) is 55.2. The van der Waals surface area contributed by atoms with E-state index in [2.05, 4.69) is 116 Å². The van der Waals surface area contributed by atoms with Crippen molar-refractivity contribution in [3.8, 4) is 11.8 Å². The number of aryl methyl sites for hydroxylation is 4. The minimum Gasteiger partial charge on any atom is -0.0654 e. The summed E-state index contributed by atoms with van der Waals surface area (Å²) in [6.45, 7) is 22.8. The van der Waals surface area contributed by atoms with Crippen LogP contribution >= 0.6 is 0 Å². The summed E-state index contributed by atoms with van der Waals surface area (Å²) in [5.74, 6) is 9.95. The molecule has 0 saturated carbocycles. The summed E-state index contributed by atoms with van der Waals surface area (Å²) in [5, 5.41) is 2.87. The molecule has 0 aliphatic carbocycles. The summed E-state index contributed by atoms with van der Waals surface area (Å²) in [5.41, 5.74) is 24.4. The van der Waals surface area contributed by atoms with Gasteiger partial charge in [-0.1, -0.05) is 181 Å². The average molecular weight is 1140 g/mol. The molecule has 0 saturated heterocycles. The van der Waals surface area contributed by atoms with Gasteiger partial charge in [0.05, 0.1) is 0 Å². The Morgan fingerprint density at radius 3 is 1.12 bits per heavy atom. The molecule has 0 N–H and O–H groups in total. The molecule has 0 atom stereocenters. The number of hydrogen-bond acceptors (Lipinski definition) is 0. The fraction of sp³-hybridized carbons (Fsp3) is 0.766. The summed E-state index contributed by atoms with van der Waals surface area (Å²) in [4.78, 5) is 3.50. The topological polar surface area (TPSA) is 36.4 Å². The molecule has 0 fully saturated rings. The maximum absolute atomic E-state index is 9.96. The van der Waals surface area contributed by atoms with Crippen molar-refractivity contribution in [2.24, 2.45) is 0 Å². The van der Waals surface area contributed by atoms with Crippen molar-refractivity contribution < 1.29 is 19.2 Å². The van der Waals surface area contributed by atoms with E-state index >= 15 is 0 Å². The van der Waals surface area contributed by atoms with Crippen LogP contribution in [0, 0.1) is 32.6 Å². The van der Waals surface area contributed by atoms with E-state index in [0.717, 1.165) is 50.5 Å². The van der Waals surface area contributed by atoms with E-state index in [1.807, 2.05) is 14.4 Å². The number of allylic oxidation sites excluding steroid dienone is 2. The molecule has 2 rings (SSSR count). The number of nitrogens with zero attached hydrogens (tertiary/aromatic N) is 2. The van der Waals surface area contributed by atoms with E-state index in [4.69, 9.17) is 0 Å². The number of hydrogen-bond donors (Lipinski definition) is 0. The molecule has 0 spiro atoms. The van der Waals surface area contributed by atoms with Crippen molar-refractivity contribution in [1.82, 2.24) is 0 Å². The van der Waals surface area contributed by atoms with Crippen LogP contribution in [-0.2, 0) is 33.7 Å². The first-order valence-corrected chi connectivity index (χ1v) is 36.5. The van der Waals surface area contributed by atoms with Crippen LogP contribution in [0.15, 0.2) is 35.4 Å². The molecule has 0 amide bonds. The number of unbranched alkanes of at least 4 members (excludes halogenated alkanes) is 36. The third-order valence-electron chi connectivity index (χ3n) is 16.9. The van der Waals surface area contributed by atoms with Gasteiger partial charge in [0.15, 0.2) is 5.57 Å². The second-order valence-corrected chi connectivity index (χ2v) is 25.8. The summed E-state index contributed by atoms with van der Waals surface area (Å²) in [6.07, 6.45) is 62.7. The Labute approximate surface area is 506 Å². The minimum absolute atomic E-state index is 0.741. The van der Waals surface area contributed by atoms with E-state index in [1.54, 1.807) is 16.7 Å². The van der Waals surface area contributed by atoms with Crippen LogP contribution in [0.1, 0.15) is 375 Å². The second kappa shape index (κ2) is 55.6. The molecule has 0 aromatic heterocycles. The Balaban J connectivity index is 0.000000937. The molecule has 460 valence electrons. The van der Waals surface area contributed by atoms with Crippen molar-refractivity contribution in [2.45, 2.75) is 382 Å². The van der Waals surface area contributed by atoms with E-state index in [0.29, 0.717) is 0 Å². The standard InChI is InChI=1S/C49H74N2.2C14H29.Ni/c1-9-14-19-23-24-27-31-44(38-51-50)48(32-18-13-5)49(45-34-39(6)41(8)40(7)35-45)46-36-42(29-25-20-15-10-2)47(33-28-22-17-12-4)43(37-46)30-26-21-16-11-3;2*1-3-5-7-9-11-13-14-12-10-8-6-4-2;/h34-37H,9-26,28-30,32-33H2,1-8H3;2*1,3-14H2,2H3;. The summed E-state index contributed by atoms with van der Waals surface area (Å²) >= 11 is 2.04. The van der Waals surface area contributed by atoms with Crippen LogP contribution in [0.2, 0.25) is 10.8 Å². The van der Waals surface area contributed by atoms with Gasteiger partial charge >= 0.3 is 172 Å². The summed E-state index contributed by atoms with van der Waals surface area (Å²) in [6, 6.07) is 9.90. The van der Waals surface area contributed by atoms with Crippen LogP contribution in [-0.4, -0.2) is 10.7 Å². The van der Waals surface area contributed by atoms with Gasteiger partial charge < -0.3 is 5.53 Å². The molecule has 0 radical (unpaired) electrons. The molecule has 3 heteroatoms. The minimum atomic E-state index is 0.741. The Morgan fingerprint density at radius 1 is 0.400 bits per heavy atom. The summed E-state index contributed by atoms with van der Waals surface area (Å²) in [7, 11) is 0. The quantitative estimate of drug-likeness (QED) is 0.0120. The van der Waals surface area contributed by atoms with Crippen LogP contribution in [0.5, 0.6) is 0 Å². The first-order valence-electron chi connectivity index (χ1n) is 35.1. The third-order valence-corrected chi connectivity index (χ3v) is 18.3. The van der Waals surface area contributed by atoms with Gasteiger partial charge in [0.1, 0.15) is 0 Å². The molecule has 2 nitrogen and oxygen atoms in total. The Bertz CT molecular complexity index is 1880. The molecular weight excluding hydrogens is 1010 g/mol. The van der Waals surface area contributed by atoms with Gasteiger partial charge in [-0.05, 0) is 134 Å². The van der Waals surface area contributed by atoms with E-state index in [1.165, 1.54) is 307 Å². The van der Waals surface area contributed by atoms with Crippen LogP contribution in [0.25, 0.3) is 11.1 Å². The second-order valence-electron chi connectivity index (χ2n) is 24.3. The fourth-order valence-corrected chi connectivity index (χ4v) is 12.7. The number of rotatable bonds is 51. The van der Waals surface area contributed by atoms with Crippen molar-refractivity contribution >= 4 is 11.4 Å². The van der Waals surface area contributed by atoms with Gasteiger partial charge in [0.25, 0.3) is 0 Å². The number of benzene rings is 2. The Morgan fingerprint density at radius 2 is 0.738 bits per heavy atom. The Hall–Kier alpha value is -2.61. The molecular formula is C77H132N2Ni. The third kappa shape index (κ3) is 38.3. The van der Waals surface area contributed by atoms with Crippen LogP contribution in [0.4, 0.5) is 0 Å². The zero-order valence-corrected chi connectivity index (χ0v) is 56.2. The van der Waals surface area contributed by atoms with Gasteiger partial charge in [-0.15, -0.1) is 4.79 Å². The van der Waals surface area contributed by atoms with Crippen molar-refractivity contribution in [1.29, 1.82) is 0 Å². The SMILES string of the molecule is CCCCCCC#CC(=C=[N+]=[N-])C(CCCC)=C(c1cc(C)c(C)c(C)c1)c1cc(CCCCCC)c(CCCCCC)c(CCCCCC)c1.CCCCCCCCCCCCC[CH2][Ni][CH2]CCCCCCCCCCCCC. The van der Waals surface area contributed by atoms with Crippen LogP contribution < -0.4 is 0 Å². The predicted octanol–water partition coefficient (Wildman–Crippen LogP) is 26.1. The first-order chi connectivity index (χ1) is 39.3. The van der Waals surface area contributed by atoms with Gasteiger partial charge in [0, 0.05) is 6.42 Å². The molecule has 0 aliphatic rings. The van der Waals surface area contributed by atoms with Gasteiger partial charge in [0.2, 0.25) is 0 Å². The van der Waals surface area contributed by atoms with E-state index in [9.17, 15) is 5.53 Å². The smallest absolute Gasteiger partial charge is 0.0654 e. The molecule has 2 aromatic rings. The molecule has 2 aromatic carbocycles. The normalized spacial score (nSPS) is 11.5. The van der Waals surface area contributed by atoms with Gasteiger partial charge in [-0.2, -0.15) is 0 Å². The van der Waals surface area contributed by atoms with E-state index < -0.39 is 0 Å². The van der Waals surface area contributed by atoms with Crippen LogP contribution in [0.3, 0.4) is 0 Å². The predicted molar refractivity (Wildman–Crippen MR) is 357 cm³/mol. The van der Waals surface area contributed by atoms with E-state index in [-0.39, 0.29) is 0 Å². The average Bonchev–Trinajstić information content (AvgIpc) is 3.46. The fourth-order valence-electron chi connectivity index (χ4n) is 11.4. The molecule has 0 aliphatic heterocycles. The molecule has 0 heterocycles.